The molecule has 0 aliphatic carbocycles. The van der Waals surface area contributed by atoms with Gasteiger partial charge >= 0.3 is 6.09 Å². The Morgan fingerprint density at radius 2 is 1.83 bits per heavy atom. The largest absolute Gasteiger partial charge is 0.485 e. The fraction of sp³-hybridized carbons (Fsp3) is 0.605. The summed E-state index contributed by atoms with van der Waals surface area (Å²) in [5, 5.41) is 4.03. The van der Waals surface area contributed by atoms with E-state index in [0.29, 0.717) is 42.0 Å². The molecule has 4 aliphatic heterocycles. The highest BCUT2D eigenvalue weighted by molar-refractivity contribution is 7.89. The maximum atomic E-state index is 14.3. The zero-order chi connectivity index (χ0) is 38.4. The van der Waals surface area contributed by atoms with E-state index in [0.717, 1.165) is 12.0 Å². The summed E-state index contributed by atoms with van der Waals surface area (Å²) in [4.78, 5) is 20.3. The van der Waals surface area contributed by atoms with Gasteiger partial charge in [0, 0.05) is 24.6 Å². The van der Waals surface area contributed by atoms with Crippen LogP contribution in [-0.4, -0.2) is 97.2 Å². The summed E-state index contributed by atoms with van der Waals surface area (Å²) in [7, 11) is -4.03. The van der Waals surface area contributed by atoms with E-state index in [1.807, 2.05) is 58.9 Å². The minimum atomic E-state index is -4.03. The van der Waals surface area contributed by atoms with Crippen LogP contribution in [0.2, 0.25) is 0 Å². The van der Waals surface area contributed by atoms with Gasteiger partial charge in [0.1, 0.15) is 17.6 Å². The Hall–Kier alpha value is -3.96. The summed E-state index contributed by atoms with van der Waals surface area (Å²) in [5.74, 6) is 2.37. The van der Waals surface area contributed by atoms with Gasteiger partial charge in [0.05, 0.1) is 36.2 Å². The van der Waals surface area contributed by atoms with E-state index in [1.165, 1.54) is 16.4 Å². The van der Waals surface area contributed by atoms with Crippen LogP contribution in [0.3, 0.4) is 0 Å². The smallest absolute Gasteiger partial charge is 0.412 e. The maximum absolute atomic E-state index is 14.3. The number of amides is 1. The van der Waals surface area contributed by atoms with Crippen molar-refractivity contribution in [3.8, 4) is 17.2 Å². The lowest BCUT2D eigenvalue weighted by molar-refractivity contribution is -0.0911. The first-order valence-electron chi connectivity index (χ1n) is 18.4. The monoisotopic (exact) mass is 770 g/mol. The molecule has 54 heavy (non-hydrogen) atoms. The quantitative estimate of drug-likeness (QED) is 0.235. The fourth-order valence-electron chi connectivity index (χ4n) is 7.34. The first-order valence-corrected chi connectivity index (χ1v) is 19.9. The van der Waals surface area contributed by atoms with Crippen LogP contribution in [0.5, 0.6) is 17.2 Å². The minimum absolute atomic E-state index is 0.00768. The third kappa shape index (κ3) is 8.03. The second-order valence-corrected chi connectivity index (χ2v) is 18.1. The summed E-state index contributed by atoms with van der Waals surface area (Å²) in [6.07, 6.45) is -1.06. The number of hydrogen-bond acceptors (Lipinski definition) is 13. The molecule has 0 saturated carbocycles. The van der Waals surface area contributed by atoms with E-state index < -0.39 is 40.1 Å². The number of sulfonamides is 1. The first-order chi connectivity index (χ1) is 25.6. The third-order valence-electron chi connectivity index (χ3n) is 9.99. The molecule has 1 amide bonds. The molecule has 4 aliphatic rings. The highest BCUT2D eigenvalue weighted by Crippen LogP contribution is 2.40. The molecule has 5 heterocycles. The summed E-state index contributed by atoms with van der Waals surface area (Å²) in [6, 6.07) is 11.5. The molecule has 0 radical (unpaired) electrons. The first kappa shape index (κ1) is 38.3. The van der Waals surface area contributed by atoms with Gasteiger partial charge in [-0.2, -0.15) is 9.29 Å². The van der Waals surface area contributed by atoms with Crippen LogP contribution in [0.15, 0.2) is 51.9 Å². The second-order valence-electron chi connectivity index (χ2n) is 16.1. The second kappa shape index (κ2) is 14.9. The molecule has 0 N–H and O–H groups in total. The van der Waals surface area contributed by atoms with Gasteiger partial charge in [-0.25, -0.2) is 13.2 Å². The number of ether oxygens (including phenoxy) is 7. The van der Waals surface area contributed by atoms with E-state index in [4.69, 9.17) is 37.7 Å². The van der Waals surface area contributed by atoms with Crippen molar-refractivity contribution in [2.24, 2.45) is 11.8 Å². The van der Waals surface area contributed by atoms with Gasteiger partial charge in [-0.05, 0) is 62.4 Å². The number of nitrogens with zero attached hydrogens (tertiary/aromatic N) is 4. The van der Waals surface area contributed by atoms with Gasteiger partial charge in [0.25, 0.3) is 0 Å². The molecule has 294 valence electrons. The zero-order valence-electron chi connectivity index (χ0n) is 31.9. The van der Waals surface area contributed by atoms with Crippen molar-refractivity contribution in [2.75, 3.05) is 33.1 Å². The Labute approximate surface area is 316 Å². The van der Waals surface area contributed by atoms with Crippen molar-refractivity contribution in [1.82, 2.24) is 19.3 Å². The highest BCUT2D eigenvalue weighted by atomic mass is 32.2. The van der Waals surface area contributed by atoms with Crippen LogP contribution in [0.4, 0.5) is 4.79 Å². The number of carbonyl (C=O) groups excluding carboxylic acids is 1. The van der Waals surface area contributed by atoms with Crippen LogP contribution < -0.4 is 14.2 Å². The molecule has 15 nitrogen and oxygen atoms in total. The number of hydrogen-bond donors (Lipinski definition) is 0. The fourth-order valence-corrected chi connectivity index (χ4v) is 8.97. The summed E-state index contributed by atoms with van der Waals surface area (Å²) < 4.78 is 76.5. The lowest BCUT2D eigenvalue weighted by Crippen LogP contribution is -2.51. The van der Waals surface area contributed by atoms with Gasteiger partial charge in [0.15, 0.2) is 24.4 Å². The number of benzene rings is 2. The molecule has 3 saturated heterocycles. The summed E-state index contributed by atoms with van der Waals surface area (Å²) in [5.41, 5.74) is -0.527. The molecular formula is C38H50N4O11S. The normalized spacial score (nSPS) is 24.8. The standard InChI is InChI=1S/C38H50N4O11S/c1-23(2)18-41(54(44,45)26-12-13-29-30(17-26)50-22-49-29)19-31-28(42(38(6,7)52-31)36(43)51-32-20-48-34-27(32)14-15-46-34)16-24-8-10-25(11-9-24)47-21-33-39-35(53-40-33)37(3,4)5/h8-13,17,23,27-28,31-32,34H,14-16,18-22H2,1-7H3/t27?,28-,31+,32-,34?/m1/s1. The van der Waals surface area contributed by atoms with E-state index in [2.05, 4.69) is 10.1 Å². The molecule has 1 aromatic heterocycles. The molecule has 7 rings (SSSR count). The molecule has 0 bridgehead atoms. The number of fused-ring (bicyclic) bond motifs is 2. The topological polar surface area (TPSA) is 161 Å². The van der Waals surface area contributed by atoms with Crippen LogP contribution in [0, 0.1) is 11.8 Å². The summed E-state index contributed by atoms with van der Waals surface area (Å²) >= 11 is 0. The van der Waals surface area contributed by atoms with Gasteiger partial charge in [-0.15, -0.1) is 0 Å². The minimum Gasteiger partial charge on any atom is -0.485 e. The molecule has 2 aromatic carbocycles. The molecular weight excluding hydrogens is 721 g/mol. The van der Waals surface area contributed by atoms with Gasteiger partial charge in [0.2, 0.25) is 28.5 Å². The van der Waals surface area contributed by atoms with Crippen LogP contribution >= 0.6 is 0 Å². The molecule has 5 atom stereocenters. The number of aromatic nitrogens is 2. The van der Waals surface area contributed by atoms with Crippen molar-refractivity contribution in [3.05, 3.63) is 59.7 Å². The lowest BCUT2D eigenvalue weighted by Gasteiger charge is -2.34. The molecule has 3 fully saturated rings. The SMILES string of the molecule is CC(C)CN(C[C@@H]1OC(C)(C)N(C(=O)O[C@@H]2COC3OCCC32)[C@@H]1Cc1ccc(OCc2noc(C(C)(C)C)n2)cc1)S(=O)(=O)c1ccc2c(c1)OCO2. The van der Waals surface area contributed by atoms with Crippen LogP contribution in [-0.2, 0) is 47.4 Å². The zero-order valence-corrected chi connectivity index (χ0v) is 32.7. The Morgan fingerprint density at radius 1 is 1.07 bits per heavy atom. The molecule has 0 spiro atoms. The number of carbonyl (C=O) groups is 1. The Kier molecular flexibility index (Phi) is 10.6. The van der Waals surface area contributed by atoms with E-state index >= 15 is 0 Å². The van der Waals surface area contributed by atoms with Gasteiger partial charge in [-0.1, -0.05) is 51.9 Å². The molecule has 16 heteroatoms. The van der Waals surface area contributed by atoms with Crippen molar-refractivity contribution in [3.63, 3.8) is 0 Å². The van der Waals surface area contributed by atoms with Gasteiger partial charge < -0.3 is 37.7 Å². The summed E-state index contributed by atoms with van der Waals surface area (Å²) in [6.45, 7) is 14.6. The Balaban J connectivity index is 1.14. The average molecular weight is 771 g/mol. The molecule has 3 aromatic rings. The van der Waals surface area contributed by atoms with E-state index in [9.17, 15) is 13.2 Å². The Bertz CT molecular complexity index is 1910. The van der Waals surface area contributed by atoms with E-state index in [1.54, 1.807) is 24.8 Å². The lowest BCUT2D eigenvalue weighted by atomic mass is 9.97. The predicted octanol–water partition coefficient (Wildman–Crippen LogP) is 5.27. The number of rotatable bonds is 12. The van der Waals surface area contributed by atoms with Crippen molar-refractivity contribution < 1.29 is 50.9 Å². The predicted molar refractivity (Wildman–Crippen MR) is 192 cm³/mol. The van der Waals surface area contributed by atoms with Crippen molar-refractivity contribution >= 4 is 16.1 Å². The molecule has 2 unspecified atom stereocenters. The third-order valence-corrected chi connectivity index (χ3v) is 11.8. The van der Waals surface area contributed by atoms with Crippen LogP contribution in [0.1, 0.15) is 72.2 Å². The average Bonchev–Trinajstić information content (AvgIpc) is 3.94. The van der Waals surface area contributed by atoms with Crippen molar-refractivity contribution in [1.29, 1.82) is 0 Å². The van der Waals surface area contributed by atoms with Gasteiger partial charge in [-0.3, -0.25) is 4.90 Å². The van der Waals surface area contributed by atoms with E-state index in [-0.39, 0.29) is 61.5 Å². The highest BCUT2D eigenvalue weighted by Gasteiger charge is 2.53. The Morgan fingerprint density at radius 3 is 2.56 bits per heavy atom. The van der Waals surface area contributed by atoms with Crippen molar-refractivity contribution in [2.45, 2.75) is 108 Å². The van der Waals surface area contributed by atoms with Crippen LogP contribution in [0.25, 0.3) is 0 Å². The maximum Gasteiger partial charge on any atom is 0.412 e.